The fourth-order valence-corrected chi connectivity index (χ4v) is 5.03. The number of halogens is 4. The number of benzene rings is 1. The lowest BCUT2D eigenvalue weighted by Gasteiger charge is -2.30. The minimum atomic E-state index is -4.71. The molecule has 4 rings (SSSR count). The Balaban J connectivity index is 1.26. The summed E-state index contributed by atoms with van der Waals surface area (Å²) in [5, 5.41) is 11.0. The number of para-hydroxylation sites is 1. The number of hydrogen-bond donors (Lipinski definition) is 3. The smallest absolute Gasteiger partial charge is 0.406 e. The molecule has 1 aromatic carbocycles. The van der Waals surface area contributed by atoms with Crippen molar-refractivity contribution in [1.82, 2.24) is 15.3 Å². The van der Waals surface area contributed by atoms with Gasteiger partial charge in [0.15, 0.2) is 0 Å². The second-order valence-corrected chi connectivity index (χ2v) is 11.2. The van der Waals surface area contributed by atoms with Crippen LogP contribution in [0.2, 0.25) is 0 Å². The van der Waals surface area contributed by atoms with E-state index in [1.807, 2.05) is 44.3 Å². The number of aromatic nitrogens is 2. The predicted molar refractivity (Wildman–Crippen MR) is 137 cm³/mol. The normalized spacial score (nSPS) is 25.1. The van der Waals surface area contributed by atoms with Gasteiger partial charge in [0.05, 0.1) is 5.52 Å². The summed E-state index contributed by atoms with van der Waals surface area (Å²) in [6.45, 7) is 2.93. The topological polar surface area (TPSA) is 71.1 Å². The van der Waals surface area contributed by atoms with Gasteiger partial charge in [0.2, 0.25) is 5.95 Å². The monoisotopic (exact) mass is 553 g/mol. The van der Waals surface area contributed by atoms with Gasteiger partial charge in [0, 0.05) is 34.9 Å². The average Bonchev–Trinajstić information content (AvgIpc) is 2.79. The molecule has 1 aromatic heterocycles. The van der Waals surface area contributed by atoms with E-state index in [0.717, 1.165) is 48.9 Å². The van der Waals surface area contributed by atoms with E-state index in [1.54, 1.807) is 0 Å². The van der Waals surface area contributed by atoms with Gasteiger partial charge in [0.1, 0.15) is 11.6 Å². The number of nitrogens with one attached hydrogen (secondary N) is 3. The number of alkyl halides is 4. The minimum absolute atomic E-state index is 0.125. The lowest BCUT2D eigenvalue weighted by Crippen LogP contribution is -2.33. The lowest BCUT2D eigenvalue weighted by molar-refractivity contribution is -0.304. The van der Waals surface area contributed by atoms with E-state index in [2.05, 4.69) is 46.6 Å². The molecule has 6 nitrogen and oxygen atoms in total. The largest absolute Gasteiger partial charge is 0.573 e. The second kappa shape index (κ2) is 10.7. The van der Waals surface area contributed by atoms with Gasteiger partial charge in [-0.3, -0.25) is 0 Å². The van der Waals surface area contributed by atoms with Crippen molar-refractivity contribution in [2.45, 2.75) is 55.8 Å². The highest BCUT2D eigenvalue weighted by Gasteiger charge is 2.35. The highest BCUT2D eigenvalue weighted by atomic mass is 79.9. The third kappa shape index (κ3) is 7.10. The van der Waals surface area contributed by atoms with Crippen molar-refractivity contribution in [3.8, 4) is 0 Å². The summed E-state index contributed by atoms with van der Waals surface area (Å²) in [5.41, 5.74) is 1.44. The highest BCUT2D eigenvalue weighted by molar-refractivity contribution is 9.10. The first-order valence-corrected chi connectivity index (χ1v) is 12.7. The lowest BCUT2D eigenvalue weighted by atomic mass is 9.86. The molecule has 1 saturated carbocycles. The Labute approximate surface area is 211 Å². The van der Waals surface area contributed by atoms with Crippen LogP contribution in [-0.2, 0) is 4.74 Å². The Morgan fingerprint density at radius 3 is 2.60 bits per heavy atom. The number of anilines is 2. The van der Waals surface area contributed by atoms with Gasteiger partial charge in [0.25, 0.3) is 0 Å². The number of ether oxygens (including phenoxy) is 1. The van der Waals surface area contributed by atoms with Crippen molar-refractivity contribution >= 4 is 38.6 Å². The first kappa shape index (κ1) is 25.8. The fourth-order valence-electron chi connectivity index (χ4n) is 4.66. The highest BCUT2D eigenvalue weighted by Crippen LogP contribution is 2.36. The average molecular weight is 554 g/mol. The standard InChI is InChI=1S/C25H31BrF3N5O/c1-24(26)12-11-17(21(13-24)35-25(27,28)29)15-31-14-16-7-9-18(10-8-16)32-23-33-20-6-4-3-5-19(20)22(30-2)34-23/h3-6,11,13,16,18,31H,7-10,12,14-15H2,1-2H3,(H2,30,32,33,34). The van der Waals surface area contributed by atoms with Crippen molar-refractivity contribution in [2.24, 2.45) is 5.92 Å². The Morgan fingerprint density at radius 1 is 1.14 bits per heavy atom. The Kier molecular flexibility index (Phi) is 7.90. The molecule has 3 N–H and O–H groups in total. The van der Waals surface area contributed by atoms with Crippen molar-refractivity contribution in [3.63, 3.8) is 0 Å². The van der Waals surface area contributed by atoms with Gasteiger partial charge < -0.3 is 20.7 Å². The molecule has 2 aliphatic carbocycles. The zero-order chi connectivity index (χ0) is 25.1. The molecule has 0 amide bonds. The molecule has 1 atom stereocenters. The van der Waals surface area contributed by atoms with Gasteiger partial charge in [-0.2, -0.15) is 4.98 Å². The van der Waals surface area contributed by atoms with E-state index < -0.39 is 10.7 Å². The van der Waals surface area contributed by atoms with Gasteiger partial charge >= 0.3 is 6.36 Å². The van der Waals surface area contributed by atoms with E-state index in [0.29, 0.717) is 36.4 Å². The molecule has 1 heterocycles. The molecule has 2 aromatic rings. The number of allylic oxidation sites excluding steroid dienone is 2. The van der Waals surface area contributed by atoms with Gasteiger partial charge in [-0.05, 0) is 69.7 Å². The van der Waals surface area contributed by atoms with Crippen molar-refractivity contribution in [2.75, 3.05) is 30.8 Å². The summed E-state index contributed by atoms with van der Waals surface area (Å²) < 4.78 is 42.3. The summed E-state index contributed by atoms with van der Waals surface area (Å²) in [4.78, 5) is 9.28. The van der Waals surface area contributed by atoms with Crippen molar-refractivity contribution in [3.05, 3.63) is 47.7 Å². The quantitative estimate of drug-likeness (QED) is 0.341. The van der Waals surface area contributed by atoms with Crippen LogP contribution in [0.1, 0.15) is 39.0 Å². The first-order valence-electron chi connectivity index (χ1n) is 11.9. The zero-order valence-electron chi connectivity index (χ0n) is 19.9. The molecule has 0 saturated heterocycles. The summed E-state index contributed by atoms with van der Waals surface area (Å²) in [5.74, 6) is 1.78. The Bertz CT molecular complexity index is 1090. The number of fused-ring (bicyclic) bond motifs is 1. The molecule has 1 fully saturated rings. The Morgan fingerprint density at radius 2 is 1.89 bits per heavy atom. The van der Waals surface area contributed by atoms with Crippen LogP contribution >= 0.6 is 15.9 Å². The van der Waals surface area contributed by atoms with Gasteiger partial charge in [-0.15, -0.1) is 13.2 Å². The summed E-state index contributed by atoms with van der Waals surface area (Å²) in [6, 6.07) is 8.21. The van der Waals surface area contributed by atoms with Crippen LogP contribution in [0, 0.1) is 5.92 Å². The van der Waals surface area contributed by atoms with Crippen LogP contribution in [0.3, 0.4) is 0 Å². The van der Waals surface area contributed by atoms with E-state index in [1.165, 1.54) is 6.08 Å². The molecule has 0 spiro atoms. The number of rotatable bonds is 8. The van der Waals surface area contributed by atoms with Crippen LogP contribution in [0.25, 0.3) is 10.9 Å². The predicted octanol–water partition coefficient (Wildman–Crippen LogP) is 6.14. The maximum absolute atomic E-state index is 12.8. The maximum atomic E-state index is 12.8. The SMILES string of the molecule is CNc1nc(NC2CCC(CNCC3=CCC(C)(Br)C=C3OC(F)(F)F)CC2)nc2ccccc12. The van der Waals surface area contributed by atoms with E-state index >= 15 is 0 Å². The van der Waals surface area contributed by atoms with Gasteiger partial charge in [-0.25, -0.2) is 4.98 Å². The molecule has 10 heteroatoms. The zero-order valence-corrected chi connectivity index (χ0v) is 21.5. The minimum Gasteiger partial charge on any atom is -0.406 e. The molecule has 0 aliphatic heterocycles. The molecule has 0 radical (unpaired) electrons. The summed E-state index contributed by atoms with van der Waals surface area (Å²) in [6.07, 6.45) is 3.25. The maximum Gasteiger partial charge on any atom is 0.573 e. The van der Waals surface area contributed by atoms with Crippen LogP contribution in [0.5, 0.6) is 0 Å². The molecule has 2 aliphatic rings. The number of nitrogens with zero attached hydrogens (tertiary/aromatic N) is 2. The second-order valence-electron chi connectivity index (χ2n) is 9.42. The van der Waals surface area contributed by atoms with E-state index in [-0.39, 0.29) is 5.76 Å². The van der Waals surface area contributed by atoms with E-state index in [4.69, 9.17) is 0 Å². The summed E-state index contributed by atoms with van der Waals surface area (Å²) >= 11 is 3.44. The van der Waals surface area contributed by atoms with Crippen LogP contribution in [-0.4, -0.2) is 46.8 Å². The molecule has 35 heavy (non-hydrogen) atoms. The van der Waals surface area contributed by atoms with E-state index in [9.17, 15) is 13.2 Å². The first-order chi connectivity index (χ1) is 16.6. The van der Waals surface area contributed by atoms with Crippen LogP contribution in [0.15, 0.2) is 47.7 Å². The van der Waals surface area contributed by atoms with Crippen LogP contribution in [0.4, 0.5) is 24.9 Å². The fraction of sp³-hybridized carbons (Fsp3) is 0.520. The molecule has 190 valence electrons. The molecule has 0 bridgehead atoms. The van der Waals surface area contributed by atoms with Crippen molar-refractivity contribution in [1.29, 1.82) is 0 Å². The van der Waals surface area contributed by atoms with Crippen molar-refractivity contribution < 1.29 is 17.9 Å². The third-order valence-corrected chi connectivity index (χ3v) is 7.04. The molecular formula is C25H31BrF3N5O. The molecular weight excluding hydrogens is 523 g/mol. The van der Waals surface area contributed by atoms with Gasteiger partial charge in [-0.1, -0.05) is 34.1 Å². The molecule has 1 unspecified atom stereocenters. The summed E-state index contributed by atoms with van der Waals surface area (Å²) in [7, 11) is 1.85. The van der Waals surface area contributed by atoms with Crippen LogP contribution < -0.4 is 16.0 Å². The third-order valence-electron chi connectivity index (χ3n) is 6.49. The Hall–Kier alpha value is -2.33. The number of hydrogen-bond acceptors (Lipinski definition) is 6.